The van der Waals surface area contributed by atoms with Crippen molar-refractivity contribution < 1.29 is 9.90 Å². The van der Waals surface area contributed by atoms with Crippen LogP contribution >= 0.6 is 0 Å². The molecule has 2 aromatic rings. The van der Waals surface area contributed by atoms with Crippen LogP contribution in [0.4, 0.5) is 0 Å². The summed E-state index contributed by atoms with van der Waals surface area (Å²) in [5, 5.41) is 15.6. The molecule has 84 valence electrons. The Morgan fingerprint density at radius 2 is 2.38 bits per heavy atom. The third-order valence-corrected chi connectivity index (χ3v) is 2.08. The number of aromatic amines is 2. The van der Waals surface area contributed by atoms with Crippen molar-refractivity contribution in [3.8, 4) is 11.5 Å². The van der Waals surface area contributed by atoms with Gasteiger partial charge < -0.3 is 10.1 Å². The zero-order chi connectivity index (χ0) is 11.5. The van der Waals surface area contributed by atoms with Crippen molar-refractivity contribution >= 4 is 5.97 Å². The van der Waals surface area contributed by atoms with E-state index in [0.717, 1.165) is 18.7 Å². The fourth-order valence-corrected chi connectivity index (χ4v) is 1.38. The molecule has 0 aliphatic heterocycles. The van der Waals surface area contributed by atoms with Crippen LogP contribution in [0.25, 0.3) is 11.5 Å². The highest BCUT2D eigenvalue weighted by Gasteiger charge is 2.18. The maximum atomic E-state index is 10.9. The lowest BCUT2D eigenvalue weighted by Gasteiger charge is -1.91. The Kier molecular flexibility index (Phi) is 2.67. The van der Waals surface area contributed by atoms with E-state index in [1.165, 1.54) is 6.33 Å². The minimum absolute atomic E-state index is 0.00190. The number of carboxylic acid groups (broad SMARTS) is 1. The smallest absolute Gasteiger partial charge is 0.354 e. The Labute approximate surface area is 90.9 Å². The molecule has 0 aliphatic carbocycles. The number of rotatable bonds is 4. The van der Waals surface area contributed by atoms with Crippen LogP contribution in [-0.2, 0) is 6.42 Å². The van der Waals surface area contributed by atoms with Gasteiger partial charge in [0.1, 0.15) is 11.5 Å². The van der Waals surface area contributed by atoms with Gasteiger partial charge in [-0.3, -0.25) is 5.10 Å². The van der Waals surface area contributed by atoms with Gasteiger partial charge in [-0.05, 0) is 6.42 Å². The van der Waals surface area contributed by atoms with Gasteiger partial charge >= 0.3 is 5.97 Å². The van der Waals surface area contributed by atoms with E-state index in [4.69, 9.17) is 5.11 Å². The summed E-state index contributed by atoms with van der Waals surface area (Å²) >= 11 is 0. The van der Waals surface area contributed by atoms with Crippen LogP contribution in [0.2, 0.25) is 0 Å². The largest absolute Gasteiger partial charge is 0.477 e. The van der Waals surface area contributed by atoms with Crippen molar-refractivity contribution in [3.05, 3.63) is 17.8 Å². The highest BCUT2D eigenvalue weighted by Crippen LogP contribution is 2.15. The van der Waals surface area contributed by atoms with Crippen molar-refractivity contribution in [2.75, 3.05) is 0 Å². The van der Waals surface area contributed by atoms with Crippen molar-refractivity contribution in [2.24, 2.45) is 0 Å². The van der Waals surface area contributed by atoms with Gasteiger partial charge in [-0.15, -0.1) is 0 Å². The molecule has 0 unspecified atom stereocenters. The SMILES string of the molecule is CCCc1nc(-c2nc[nH]c2C(=O)O)n[nH]1. The lowest BCUT2D eigenvalue weighted by Crippen LogP contribution is -1.99. The summed E-state index contributed by atoms with van der Waals surface area (Å²) in [7, 11) is 0. The van der Waals surface area contributed by atoms with Crippen LogP contribution in [0.1, 0.15) is 29.7 Å². The first-order chi connectivity index (χ1) is 7.72. The fraction of sp³-hybridized carbons (Fsp3) is 0.333. The zero-order valence-corrected chi connectivity index (χ0v) is 8.69. The van der Waals surface area contributed by atoms with E-state index in [-0.39, 0.29) is 11.4 Å². The minimum atomic E-state index is -1.07. The normalized spacial score (nSPS) is 10.6. The second-order valence-electron chi connectivity index (χ2n) is 3.29. The molecule has 0 fully saturated rings. The number of aromatic carboxylic acids is 1. The van der Waals surface area contributed by atoms with Crippen LogP contribution in [-0.4, -0.2) is 36.2 Å². The third kappa shape index (κ3) is 1.79. The zero-order valence-electron chi connectivity index (χ0n) is 8.69. The summed E-state index contributed by atoms with van der Waals surface area (Å²) in [6.45, 7) is 2.03. The number of carbonyl (C=O) groups is 1. The number of nitrogens with zero attached hydrogens (tertiary/aromatic N) is 3. The standard InChI is InChI=1S/C9H11N5O2/c1-2-3-5-12-8(14-13-5)6-7(9(15)16)11-4-10-6/h4H,2-3H2,1H3,(H,10,11)(H,15,16)(H,12,13,14). The molecule has 0 bridgehead atoms. The molecule has 7 heteroatoms. The molecule has 0 aliphatic rings. The minimum Gasteiger partial charge on any atom is -0.477 e. The Hall–Kier alpha value is -2.18. The second-order valence-corrected chi connectivity index (χ2v) is 3.29. The second kappa shape index (κ2) is 4.13. The molecule has 0 spiro atoms. The van der Waals surface area contributed by atoms with Gasteiger partial charge in [-0.25, -0.2) is 14.8 Å². The number of nitrogens with one attached hydrogen (secondary N) is 2. The first kappa shape index (κ1) is 10.3. The maximum absolute atomic E-state index is 10.9. The first-order valence-corrected chi connectivity index (χ1v) is 4.90. The van der Waals surface area contributed by atoms with Crippen molar-refractivity contribution in [1.29, 1.82) is 0 Å². The Balaban J connectivity index is 2.35. The molecular weight excluding hydrogens is 210 g/mol. The van der Waals surface area contributed by atoms with E-state index >= 15 is 0 Å². The molecule has 2 heterocycles. The Bertz CT molecular complexity index is 501. The van der Waals surface area contributed by atoms with Gasteiger partial charge in [0.05, 0.1) is 6.33 Å². The number of imidazole rings is 1. The molecule has 0 aromatic carbocycles. The van der Waals surface area contributed by atoms with Gasteiger partial charge in [-0.1, -0.05) is 6.92 Å². The number of hydrogen-bond acceptors (Lipinski definition) is 4. The number of aromatic nitrogens is 5. The third-order valence-electron chi connectivity index (χ3n) is 2.08. The lowest BCUT2D eigenvalue weighted by atomic mass is 10.3. The highest BCUT2D eigenvalue weighted by molar-refractivity contribution is 5.91. The van der Waals surface area contributed by atoms with E-state index in [1.807, 2.05) is 6.92 Å². The van der Waals surface area contributed by atoms with E-state index in [2.05, 4.69) is 25.1 Å². The molecule has 0 radical (unpaired) electrons. The quantitative estimate of drug-likeness (QED) is 0.709. The molecule has 0 atom stereocenters. The lowest BCUT2D eigenvalue weighted by molar-refractivity contribution is 0.0692. The number of H-pyrrole nitrogens is 2. The molecule has 0 saturated heterocycles. The van der Waals surface area contributed by atoms with Gasteiger partial charge in [0.15, 0.2) is 5.69 Å². The monoisotopic (exact) mass is 221 g/mol. The summed E-state index contributed by atoms with van der Waals surface area (Å²) in [5.74, 6) is -0.0340. The molecule has 0 amide bonds. The molecule has 16 heavy (non-hydrogen) atoms. The maximum Gasteiger partial charge on any atom is 0.354 e. The molecule has 2 rings (SSSR count). The average molecular weight is 221 g/mol. The van der Waals surface area contributed by atoms with Crippen molar-refractivity contribution in [2.45, 2.75) is 19.8 Å². The highest BCUT2D eigenvalue weighted by atomic mass is 16.4. The molecule has 3 N–H and O–H groups in total. The Morgan fingerprint density at radius 1 is 1.56 bits per heavy atom. The summed E-state index contributed by atoms with van der Waals surface area (Å²) in [4.78, 5) is 21.5. The Morgan fingerprint density at radius 3 is 3.06 bits per heavy atom. The van der Waals surface area contributed by atoms with Crippen LogP contribution in [0.3, 0.4) is 0 Å². The van der Waals surface area contributed by atoms with Gasteiger partial charge in [0.2, 0.25) is 5.82 Å². The summed E-state index contributed by atoms with van der Waals surface area (Å²) in [6, 6.07) is 0. The van der Waals surface area contributed by atoms with Crippen LogP contribution < -0.4 is 0 Å². The van der Waals surface area contributed by atoms with E-state index in [0.29, 0.717) is 5.82 Å². The van der Waals surface area contributed by atoms with Crippen molar-refractivity contribution in [3.63, 3.8) is 0 Å². The van der Waals surface area contributed by atoms with E-state index in [9.17, 15) is 4.79 Å². The predicted octanol–water partition coefficient (Wildman–Crippen LogP) is 0.845. The van der Waals surface area contributed by atoms with Crippen molar-refractivity contribution in [1.82, 2.24) is 25.1 Å². The van der Waals surface area contributed by atoms with Crippen LogP contribution in [0.5, 0.6) is 0 Å². The summed E-state index contributed by atoms with van der Waals surface area (Å²) < 4.78 is 0. The molecule has 2 aromatic heterocycles. The predicted molar refractivity (Wildman–Crippen MR) is 54.9 cm³/mol. The summed E-state index contributed by atoms with van der Waals surface area (Å²) in [6.07, 6.45) is 3.04. The van der Waals surface area contributed by atoms with Gasteiger partial charge in [0.25, 0.3) is 0 Å². The van der Waals surface area contributed by atoms with Gasteiger partial charge in [0, 0.05) is 6.42 Å². The number of hydrogen-bond donors (Lipinski definition) is 3. The summed E-state index contributed by atoms with van der Waals surface area (Å²) in [5.41, 5.74) is 0.258. The van der Waals surface area contributed by atoms with Gasteiger partial charge in [-0.2, -0.15) is 5.10 Å². The number of aryl methyl sites for hydroxylation is 1. The van der Waals surface area contributed by atoms with E-state index < -0.39 is 5.97 Å². The first-order valence-electron chi connectivity index (χ1n) is 4.90. The van der Waals surface area contributed by atoms with Crippen LogP contribution in [0, 0.1) is 0 Å². The molecule has 7 nitrogen and oxygen atoms in total. The molecular formula is C9H11N5O2. The van der Waals surface area contributed by atoms with E-state index in [1.54, 1.807) is 0 Å². The molecule has 0 saturated carbocycles. The van der Waals surface area contributed by atoms with Crippen LogP contribution in [0.15, 0.2) is 6.33 Å². The number of carboxylic acids is 1. The topological polar surface area (TPSA) is 108 Å². The fourth-order valence-electron chi connectivity index (χ4n) is 1.38. The average Bonchev–Trinajstić information content (AvgIpc) is 2.83.